The molecule has 2 saturated carbocycles. The molecule has 144 valence electrons. The maximum atomic E-state index is 4.57. The fraction of sp³-hybridized carbons (Fsp3) is 0.700. The Bertz CT molecular complexity index is 579. The van der Waals surface area contributed by atoms with E-state index in [1.807, 2.05) is 19.3 Å². The SMILES string of the molecule is CN=C(NC1CC1C1CCCCC1)N1CCN(c2ccccn2)CC1.I. The van der Waals surface area contributed by atoms with Gasteiger partial charge in [-0.1, -0.05) is 38.2 Å². The van der Waals surface area contributed by atoms with Crippen LogP contribution in [0.15, 0.2) is 29.4 Å². The summed E-state index contributed by atoms with van der Waals surface area (Å²) in [6.45, 7) is 4.04. The van der Waals surface area contributed by atoms with Gasteiger partial charge in [0, 0.05) is 45.5 Å². The van der Waals surface area contributed by atoms with E-state index in [0.717, 1.165) is 49.8 Å². The van der Waals surface area contributed by atoms with Gasteiger partial charge in [0.25, 0.3) is 0 Å². The zero-order valence-electron chi connectivity index (χ0n) is 15.8. The van der Waals surface area contributed by atoms with E-state index in [1.165, 1.54) is 38.5 Å². The van der Waals surface area contributed by atoms with Crippen molar-refractivity contribution >= 4 is 35.8 Å². The summed E-state index contributed by atoms with van der Waals surface area (Å²) >= 11 is 0. The van der Waals surface area contributed by atoms with E-state index in [9.17, 15) is 0 Å². The second-order valence-electron chi connectivity index (χ2n) is 7.76. The molecule has 2 aliphatic carbocycles. The lowest BCUT2D eigenvalue weighted by atomic mass is 9.85. The molecule has 0 aromatic carbocycles. The summed E-state index contributed by atoms with van der Waals surface area (Å²) in [5, 5.41) is 3.75. The van der Waals surface area contributed by atoms with Crippen molar-refractivity contribution in [1.82, 2.24) is 15.2 Å². The fourth-order valence-corrected chi connectivity index (χ4v) is 4.62. The molecule has 2 unspecified atom stereocenters. The molecule has 0 spiro atoms. The van der Waals surface area contributed by atoms with Crippen LogP contribution in [0, 0.1) is 11.8 Å². The van der Waals surface area contributed by atoms with Gasteiger partial charge in [-0.2, -0.15) is 0 Å². The average Bonchev–Trinajstić information content (AvgIpc) is 3.47. The van der Waals surface area contributed by atoms with Gasteiger partial charge in [0.2, 0.25) is 0 Å². The molecule has 6 heteroatoms. The smallest absolute Gasteiger partial charge is 0.193 e. The zero-order chi connectivity index (χ0) is 17.1. The second-order valence-corrected chi connectivity index (χ2v) is 7.76. The lowest BCUT2D eigenvalue weighted by Gasteiger charge is -2.37. The number of guanidine groups is 1. The van der Waals surface area contributed by atoms with E-state index < -0.39 is 0 Å². The molecule has 2 atom stereocenters. The average molecular weight is 469 g/mol. The van der Waals surface area contributed by atoms with Crippen LogP contribution in [0.2, 0.25) is 0 Å². The molecule has 3 fully saturated rings. The van der Waals surface area contributed by atoms with Crippen LogP contribution in [0.4, 0.5) is 5.82 Å². The fourth-order valence-electron chi connectivity index (χ4n) is 4.62. The van der Waals surface area contributed by atoms with Crippen molar-refractivity contribution in [1.29, 1.82) is 0 Å². The number of nitrogens with one attached hydrogen (secondary N) is 1. The third-order valence-corrected chi connectivity index (χ3v) is 6.17. The van der Waals surface area contributed by atoms with Crippen LogP contribution in [0.25, 0.3) is 0 Å². The second kappa shape index (κ2) is 9.24. The Morgan fingerprint density at radius 1 is 1.12 bits per heavy atom. The van der Waals surface area contributed by atoms with Crippen LogP contribution in [0.1, 0.15) is 38.5 Å². The molecule has 3 aliphatic rings. The van der Waals surface area contributed by atoms with E-state index in [4.69, 9.17) is 0 Å². The maximum Gasteiger partial charge on any atom is 0.193 e. The van der Waals surface area contributed by atoms with Gasteiger partial charge >= 0.3 is 0 Å². The number of rotatable bonds is 3. The third kappa shape index (κ3) is 4.61. The van der Waals surface area contributed by atoms with Crippen LogP contribution in [0.5, 0.6) is 0 Å². The van der Waals surface area contributed by atoms with E-state index in [-0.39, 0.29) is 24.0 Å². The van der Waals surface area contributed by atoms with Gasteiger partial charge in [-0.15, -0.1) is 24.0 Å². The summed E-state index contributed by atoms with van der Waals surface area (Å²) < 4.78 is 0. The van der Waals surface area contributed by atoms with Crippen LogP contribution in [-0.4, -0.2) is 55.1 Å². The molecular weight excluding hydrogens is 437 g/mol. The van der Waals surface area contributed by atoms with Gasteiger partial charge in [0.15, 0.2) is 5.96 Å². The van der Waals surface area contributed by atoms with E-state index in [1.54, 1.807) is 0 Å². The molecule has 26 heavy (non-hydrogen) atoms. The molecule has 0 radical (unpaired) electrons. The molecule has 0 amide bonds. The van der Waals surface area contributed by atoms with Gasteiger partial charge in [0.05, 0.1) is 0 Å². The minimum atomic E-state index is 0. The quantitative estimate of drug-likeness (QED) is 0.419. The number of anilines is 1. The van der Waals surface area contributed by atoms with Crippen molar-refractivity contribution in [2.75, 3.05) is 38.1 Å². The van der Waals surface area contributed by atoms with Gasteiger partial charge in [-0.25, -0.2) is 4.98 Å². The van der Waals surface area contributed by atoms with Crippen LogP contribution in [0.3, 0.4) is 0 Å². The van der Waals surface area contributed by atoms with Crippen LogP contribution < -0.4 is 10.2 Å². The maximum absolute atomic E-state index is 4.57. The first-order valence-electron chi connectivity index (χ1n) is 9.99. The molecule has 5 nitrogen and oxygen atoms in total. The molecule has 2 heterocycles. The van der Waals surface area contributed by atoms with Crippen molar-refractivity contribution in [2.45, 2.75) is 44.6 Å². The highest BCUT2D eigenvalue weighted by Gasteiger charge is 2.43. The van der Waals surface area contributed by atoms with Gasteiger partial charge in [-0.3, -0.25) is 4.99 Å². The van der Waals surface area contributed by atoms with Crippen LogP contribution >= 0.6 is 24.0 Å². The van der Waals surface area contributed by atoms with E-state index in [0.29, 0.717) is 6.04 Å². The largest absolute Gasteiger partial charge is 0.353 e. The number of pyridine rings is 1. The highest BCUT2D eigenvalue weighted by Crippen LogP contribution is 2.44. The van der Waals surface area contributed by atoms with Crippen molar-refractivity contribution in [3.8, 4) is 0 Å². The van der Waals surface area contributed by atoms with Crippen molar-refractivity contribution < 1.29 is 0 Å². The first-order chi connectivity index (χ1) is 12.3. The highest BCUT2D eigenvalue weighted by molar-refractivity contribution is 14.0. The standard InChI is InChI=1S/C20H31N5.HI/c1-21-20(23-18-15-17(18)16-7-3-2-4-8-16)25-13-11-24(12-14-25)19-9-5-6-10-22-19;/h5-6,9-10,16-18H,2-4,7-8,11-15H2,1H3,(H,21,23);1H. The first-order valence-corrected chi connectivity index (χ1v) is 9.99. The summed E-state index contributed by atoms with van der Waals surface area (Å²) in [6, 6.07) is 6.80. The molecule has 1 saturated heterocycles. The Balaban J connectivity index is 0.00000196. The Morgan fingerprint density at radius 3 is 2.54 bits per heavy atom. The highest BCUT2D eigenvalue weighted by atomic mass is 127. The molecule has 1 aromatic heterocycles. The predicted octanol–water partition coefficient (Wildman–Crippen LogP) is 3.37. The Kier molecular flexibility index (Phi) is 7.00. The van der Waals surface area contributed by atoms with E-state index in [2.05, 4.69) is 37.2 Å². The van der Waals surface area contributed by atoms with Gasteiger partial charge in [0.1, 0.15) is 5.82 Å². The third-order valence-electron chi connectivity index (χ3n) is 6.17. The molecule has 1 aliphatic heterocycles. The number of aromatic nitrogens is 1. The lowest BCUT2D eigenvalue weighted by molar-refractivity contribution is 0.313. The number of hydrogen-bond acceptors (Lipinski definition) is 3. The molecule has 1 aromatic rings. The normalized spacial score (nSPS) is 27.0. The topological polar surface area (TPSA) is 43.8 Å². The minimum absolute atomic E-state index is 0. The summed E-state index contributed by atoms with van der Waals surface area (Å²) in [5.74, 6) is 4.05. The zero-order valence-corrected chi connectivity index (χ0v) is 18.1. The van der Waals surface area contributed by atoms with Crippen molar-refractivity contribution in [3.63, 3.8) is 0 Å². The summed E-state index contributed by atoms with van der Waals surface area (Å²) in [5.41, 5.74) is 0. The monoisotopic (exact) mass is 469 g/mol. The van der Waals surface area contributed by atoms with E-state index >= 15 is 0 Å². The Morgan fingerprint density at radius 2 is 1.88 bits per heavy atom. The summed E-state index contributed by atoms with van der Waals surface area (Å²) in [4.78, 5) is 13.8. The number of aliphatic imine (C=N–C) groups is 1. The molecular formula is C20H32IN5. The van der Waals surface area contributed by atoms with Gasteiger partial charge in [-0.05, 0) is 30.4 Å². The lowest BCUT2D eigenvalue weighted by Crippen LogP contribution is -2.53. The minimum Gasteiger partial charge on any atom is -0.353 e. The predicted molar refractivity (Wildman–Crippen MR) is 118 cm³/mol. The number of halogens is 1. The van der Waals surface area contributed by atoms with Crippen molar-refractivity contribution in [2.24, 2.45) is 16.8 Å². The summed E-state index contributed by atoms with van der Waals surface area (Å²) in [7, 11) is 1.92. The molecule has 4 rings (SSSR count). The molecule has 1 N–H and O–H groups in total. The number of piperazine rings is 1. The van der Waals surface area contributed by atoms with Crippen molar-refractivity contribution in [3.05, 3.63) is 24.4 Å². The van der Waals surface area contributed by atoms with Crippen LogP contribution in [-0.2, 0) is 0 Å². The Hall–Kier alpha value is -1.05. The Labute approximate surface area is 174 Å². The number of nitrogens with zero attached hydrogens (tertiary/aromatic N) is 4. The van der Waals surface area contributed by atoms with Gasteiger partial charge < -0.3 is 15.1 Å². The first kappa shape index (κ1) is 19.7. The summed E-state index contributed by atoms with van der Waals surface area (Å²) in [6.07, 6.45) is 10.5. The molecule has 0 bridgehead atoms. The number of hydrogen-bond donors (Lipinski definition) is 1.